The van der Waals surface area contributed by atoms with Gasteiger partial charge in [-0.1, -0.05) is 0 Å². The molecular weight excluding hydrogens is 437 g/mol. The zero-order valence-corrected chi connectivity index (χ0v) is 18.4. The number of benzene rings is 1. The lowest BCUT2D eigenvalue weighted by Crippen LogP contribution is -2.20. The van der Waals surface area contributed by atoms with Crippen LogP contribution in [0, 0.1) is 5.82 Å². The molecule has 0 radical (unpaired) electrons. The Morgan fingerprint density at radius 3 is 2.65 bits per heavy atom. The molecule has 0 aliphatic carbocycles. The third-order valence-electron chi connectivity index (χ3n) is 5.23. The highest BCUT2D eigenvalue weighted by atomic mass is 19.1. The summed E-state index contributed by atoms with van der Waals surface area (Å²) in [4.78, 5) is 27.0. The predicted octanol–water partition coefficient (Wildman–Crippen LogP) is 4.30. The van der Waals surface area contributed by atoms with Gasteiger partial charge < -0.3 is 19.4 Å². The van der Waals surface area contributed by atoms with Crippen molar-refractivity contribution in [1.82, 2.24) is 29.9 Å². The number of hydrogen-bond donors (Lipinski definition) is 1. The second kappa shape index (κ2) is 9.10. The van der Waals surface area contributed by atoms with Crippen LogP contribution in [0.1, 0.15) is 5.82 Å². The number of fused-ring (bicyclic) bond motifs is 1. The normalized spacial score (nSPS) is 10.9. The number of imidazole rings is 1. The molecular formula is C24H20FN7O2. The van der Waals surface area contributed by atoms with Crippen LogP contribution in [0.2, 0.25) is 0 Å². The standard InChI is InChI=1S/C24H20FN7O2/c1-33-16-10-19(23(25)20(11-16)34-2)32(14-21-27-8-9-28-21)22-6-5-17-24(31-22)30-18(13-29-17)15-4-3-7-26-12-15/h3-13H,14H2,1-2H3,(H,27,28). The fourth-order valence-corrected chi connectivity index (χ4v) is 3.54. The van der Waals surface area contributed by atoms with Crippen molar-refractivity contribution in [3.63, 3.8) is 0 Å². The quantitative estimate of drug-likeness (QED) is 0.386. The summed E-state index contributed by atoms with van der Waals surface area (Å²) < 4.78 is 26.0. The fourth-order valence-electron chi connectivity index (χ4n) is 3.54. The molecule has 4 aromatic heterocycles. The van der Waals surface area contributed by atoms with E-state index in [-0.39, 0.29) is 18.0 Å². The zero-order chi connectivity index (χ0) is 23.5. The molecule has 170 valence electrons. The lowest BCUT2D eigenvalue weighted by molar-refractivity contribution is 0.374. The summed E-state index contributed by atoms with van der Waals surface area (Å²) in [6, 6.07) is 10.4. The van der Waals surface area contributed by atoms with Gasteiger partial charge in [0.2, 0.25) is 0 Å². The number of methoxy groups -OCH3 is 2. The summed E-state index contributed by atoms with van der Waals surface area (Å²) in [6.45, 7) is 0.217. The van der Waals surface area contributed by atoms with Crippen molar-refractivity contribution in [3.8, 4) is 22.8 Å². The number of pyridine rings is 2. The molecule has 1 N–H and O–H groups in total. The smallest absolute Gasteiger partial charge is 0.188 e. The van der Waals surface area contributed by atoms with Crippen molar-refractivity contribution in [2.75, 3.05) is 19.1 Å². The Bertz CT molecular complexity index is 1430. The third-order valence-corrected chi connectivity index (χ3v) is 5.23. The molecule has 0 aliphatic rings. The summed E-state index contributed by atoms with van der Waals surface area (Å²) in [6.07, 6.45) is 8.41. The van der Waals surface area contributed by atoms with Crippen molar-refractivity contribution < 1.29 is 13.9 Å². The number of aromatic amines is 1. The molecule has 34 heavy (non-hydrogen) atoms. The van der Waals surface area contributed by atoms with Crippen LogP contribution in [0.4, 0.5) is 15.9 Å². The number of halogens is 1. The highest BCUT2D eigenvalue weighted by molar-refractivity contribution is 5.77. The van der Waals surface area contributed by atoms with Crippen LogP contribution in [0.25, 0.3) is 22.4 Å². The Labute approximate surface area is 194 Å². The van der Waals surface area contributed by atoms with Crippen molar-refractivity contribution in [3.05, 3.63) is 79.0 Å². The number of anilines is 2. The van der Waals surface area contributed by atoms with Crippen molar-refractivity contribution in [2.45, 2.75) is 6.54 Å². The maximum atomic E-state index is 15.4. The van der Waals surface area contributed by atoms with E-state index in [0.29, 0.717) is 34.2 Å². The van der Waals surface area contributed by atoms with E-state index in [9.17, 15) is 0 Å². The van der Waals surface area contributed by atoms with Gasteiger partial charge in [-0.25, -0.2) is 19.3 Å². The van der Waals surface area contributed by atoms with Gasteiger partial charge in [0.1, 0.15) is 22.9 Å². The molecule has 5 rings (SSSR count). The first-order chi connectivity index (χ1) is 16.7. The van der Waals surface area contributed by atoms with E-state index >= 15 is 4.39 Å². The zero-order valence-electron chi connectivity index (χ0n) is 18.4. The first kappa shape index (κ1) is 21.3. The average Bonchev–Trinajstić information content (AvgIpc) is 3.41. The molecule has 0 bridgehead atoms. The highest BCUT2D eigenvalue weighted by Crippen LogP contribution is 2.37. The van der Waals surface area contributed by atoms with Gasteiger partial charge in [0.15, 0.2) is 17.2 Å². The Kier molecular flexibility index (Phi) is 5.69. The second-order valence-electron chi connectivity index (χ2n) is 7.29. The van der Waals surface area contributed by atoms with Gasteiger partial charge in [0.25, 0.3) is 0 Å². The number of nitrogens with one attached hydrogen (secondary N) is 1. The summed E-state index contributed by atoms with van der Waals surface area (Å²) >= 11 is 0. The maximum absolute atomic E-state index is 15.4. The molecule has 5 aromatic rings. The third kappa shape index (κ3) is 4.08. The van der Waals surface area contributed by atoms with Crippen LogP contribution in [-0.2, 0) is 6.54 Å². The minimum atomic E-state index is -0.549. The first-order valence-corrected chi connectivity index (χ1v) is 10.4. The van der Waals surface area contributed by atoms with E-state index in [1.165, 1.54) is 20.3 Å². The van der Waals surface area contributed by atoms with Crippen LogP contribution < -0.4 is 14.4 Å². The van der Waals surface area contributed by atoms with Gasteiger partial charge in [0, 0.05) is 42.5 Å². The lowest BCUT2D eigenvalue weighted by Gasteiger charge is -2.25. The van der Waals surface area contributed by atoms with Gasteiger partial charge in [-0.3, -0.25) is 9.97 Å². The first-order valence-electron chi connectivity index (χ1n) is 10.4. The van der Waals surface area contributed by atoms with Crippen molar-refractivity contribution >= 4 is 22.7 Å². The maximum Gasteiger partial charge on any atom is 0.188 e. The molecule has 10 heteroatoms. The minimum Gasteiger partial charge on any atom is -0.497 e. The van der Waals surface area contributed by atoms with Crippen LogP contribution in [-0.4, -0.2) is 44.1 Å². The monoisotopic (exact) mass is 457 g/mol. The molecule has 0 unspecified atom stereocenters. The summed E-state index contributed by atoms with van der Waals surface area (Å²) in [5.41, 5.74) is 2.70. The van der Waals surface area contributed by atoms with Crippen LogP contribution in [0.3, 0.4) is 0 Å². The van der Waals surface area contributed by atoms with E-state index in [1.807, 2.05) is 12.1 Å². The molecule has 1 aromatic carbocycles. The second-order valence-corrected chi connectivity index (χ2v) is 7.29. The summed E-state index contributed by atoms with van der Waals surface area (Å²) in [5, 5.41) is 0. The molecule has 0 spiro atoms. The number of ether oxygens (including phenoxy) is 2. The Balaban J connectivity index is 1.65. The van der Waals surface area contributed by atoms with E-state index in [2.05, 4.69) is 24.9 Å². The van der Waals surface area contributed by atoms with E-state index < -0.39 is 5.82 Å². The molecule has 0 fully saturated rings. The van der Waals surface area contributed by atoms with Gasteiger partial charge in [-0.05, 0) is 24.3 Å². The fraction of sp³-hybridized carbons (Fsp3) is 0.125. The molecule has 0 saturated heterocycles. The van der Waals surface area contributed by atoms with Gasteiger partial charge in [0.05, 0.1) is 38.3 Å². The molecule has 0 aliphatic heterocycles. The Hall–Kier alpha value is -4.60. The van der Waals surface area contributed by atoms with Crippen molar-refractivity contribution in [2.24, 2.45) is 0 Å². The number of rotatable bonds is 7. The molecule has 4 heterocycles. The summed E-state index contributed by atoms with van der Waals surface area (Å²) in [7, 11) is 2.92. The SMILES string of the molecule is COc1cc(OC)c(F)c(N(Cc2ncc[nH]2)c2ccc3ncc(-c4cccnc4)nc3n2)c1. The van der Waals surface area contributed by atoms with Gasteiger partial charge in [-0.15, -0.1) is 0 Å². The van der Waals surface area contributed by atoms with Gasteiger partial charge >= 0.3 is 0 Å². The average molecular weight is 457 g/mol. The molecule has 9 nitrogen and oxygen atoms in total. The van der Waals surface area contributed by atoms with Crippen LogP contribution >= 0.6 is 0 Å². The minimum absolute atomic E-state index is 0.0539. The van der Waals surface area contributed by atoms with E-state index in [0.717, 1.165) is 5.56 Å². The highest BCUT2D eigenvalue weighted by Gasteiger charge is 2.22. The Morgan fingerprint density at radius 1 is 1.00 bits per heavy atom. The largest absolute Gasteiger partial charge is 0.497 e. The summed E-state index contributed by atoms with van der Waals surface area (Å²) in [5.74, 6) is 1.02. The molecule has 0 amide bonds. The van der Waals surface area contributed by atoms with Gasteiger partial charge in [-0.2, -0.15) is 0 Å². The molecule has 0 atom stereocenters. The lowest BCUT2D eigenvalue weighted by atomic mass is 10.2. The van der Waals surface area contributed by atoms with Crippen LogP contribution in [0.5, 0.6) is 11.5 Å². The topological polar surface area (TPSA) is 102 Å². The van der Waals surface area contributed by atoms with E-state index in [1.54, 1.807) is 54.1 Å². The number of nitrogens with zero attached hydrogens (tertiary/aromatic N) is 6. The number of hydrogen-bond acceptors (Lipinski definition) is 8. The predicted molar refractivity (Wildman–Crippen MR) is 124 cm³/mol. The number of aromatic nitrogens is 6. The van der Waals surface area contributed by atoms with Crippen molar-refractivity contribution in [1.29, 1.82) is 0 Å². The number of H-pyrrole nitrogens is 1. The van der Waals surface area contributed by atoms with Crippen LogP contribution in [0.15, 0.2) is 67.4 Å². The molecule has 0 saturated carbocycles. The Morgan fingerprint density at radius 2 is 1.91 bits per heavy atom. The van der Waals surface area contributed by atoms with E-state index in [4.69, 9.17) is 14.5 Å².